The van der Waals surface area contributed by atoms with Crippen LogP contribution in [0.4, 0.5) is 4.79 Å². The number of ether oxygens (including phenoxy) is 3. The lowest BCUT2D eigenvalue weighted by molar-refractivity contribution is -0.131. The van der Waals surface area contributed by atoms with Crippen LogP contribution in [-0.4, -0.2) is 109 Å². The summed E-state index contributed by atoms with van der Waals surface area (Å²) in [7, 11) is 3.25. The molecule has 5 rings (SSSR count). The third-order valence-electron chi connectivity index (χ3n) is 7.96. The molecule has 2 saturated heterocycles. The standard InChI is InChI=1S/C29H34N6O7/c1-32-15-19(14-30)12-23(32)28(38)33-7-3-6-31-27(37)22-17-35(26(36)18-34-9-11-42-29(34)39)16-21(22)20-4-5-24(40-2)25(13-20)41-10-8-33/h4-5,12-13,15,21-22H,3,6-11,16-18H2,1-2H3,(H,31,37)/t21-,22+/m1/s1. The van der Waals surface area contributed by atoms with Crippen molar-refractivity contribution in [2.24, 2.45) is 13.0 Å². The second kappa shape index (κ2) is 12.4. The summed E-state index contributed by atoms with van der Waals surface area (Å²) in [6, 6.07) is 9.08. The van der Waals surface area contributed by atoms with Crippen molar-refractivity contribution in [3.8, 4) is 17.6 Å². The van der Waals surface area contributed by atoms with Crippen molar-refractivity contribution in [1.82, 2.24) is 24.6 Å². The molecule has 4 heterocycles. The van der Waals surface area contributed by atoms with E-state index in [4.69, 9.17) is 14.2 Å². The molecular weight excluding hydrogens is 544 g/mol. The van der Waals surface area contributed by atoms with E-state index in [-0.39, 0.29) is 56.5 Å². The number of likely N-dealkylation sites (tertiary alicyclic amines) is 1. The first-order valence-electron chi connectivity index (χ1n) is 13.9. The van der Waals surface area contributed by atoms with Gasteiger partial charge in [-0.3, -0.25) is 19.3 Å². The molecule has 1 N–H and O–H groups in total. The Hall–Kier alpha value is -4.73. The molecule has 222 valence electrons. The van der Waals surface area contributed by atoms with E-state index in [1.54, 1.807) is 39.7 Å². The predicted octanol–water partition coefficient (Wildman–Crippen LogP) is 0.941. The normalized spacial score (nSPS) is 21.0. The molecular formula is C29H34N6O7. The number of carbonyl (C=O) groups excluding carboxylic acids is 4. The molecule has 2 bridgehead atoms. The van der Waals surface area contributed by atoms with Crippen LogP contribution in [0, 0.1) is 17.2 Å². The second-order valence-corrected chi connectivity index (χ2v) is 10.6. The number of rotatable bonds is 4. The van der Waals surface area contributed by atoms with Crippen molar-refractivity contribution in [2.75, 3.05) is 66.1 Å². The van der Waals surface area contributed by atoms with Gasteiger partial charge in [-0.15, -0.1) is 0 Å². The molecule has 42 heavy (non-hydrogen) atoms. The van der Waals surface area contributed by atoms with Crippen molar-refractivity contribution in [2.45, 2.75) is 12.3 Å². The van der Waals surface area contributed by atoms with Crippen molar-refractivity contribution in [3.05, 3.63) is 47.3 Å². The number of carbonyl (C=O) groups is 4. The van der Waals surface area contributed by atoms with Crippen LogP contribution in [0.1, 0.15) is 34.0 Å². The van der Waals surface area contributed by atoms with Gasteiger partial charge in [0.2, 0.25) is 11.8 Å². The van der Waals surface area contributed by atoms with E-state index in [1.807, 2.05) is 12.1 Å². The predicted molar refractivity (Wildman–Crippen MR) is 148 cm³/mol. The molecule has 0 unspecified atom stereocenters. The summed E-state index contributed by atoms with van der Waals surface area (Å²) < 4.78 is 18.2. The number of hydrogen-bond donors (Lipinski definition) is 1. The molecule has 2 fully saturated rings. The van der Waals surface area contributed by atoms with Crippen LogP contribution in [0.15, 0.2) is 30.5 Å². The van der Waals surface area contributed by atoms with Gasteiger partial charge in [-0.2, -0.15) is 5.26 Å². The van der Waals surface area contributed by atoms with Crippen LogP contribution in [-0.2, 0) is 21.4 Å². The number of aromatic nitrogens is 1. The number of aryl methyl sites for hydroxylation is 1. The number of benzene rings is 1. The molecule has 0 aliphatic carbocycles. The summed E-state index contributed by atoms with van der Waals surface area (Å²) in [6.07, 6.45) is 1.59. The maximum atomic E-state index is 13.5. The summed E-state index contributed by atoms with van der Waals surface area (Å²) >= 11 is 0. The highest BCUT2D eigenvalue weighted by Gasteiger charge is 2.41. The maximum absolute atomic E-state index is 13.5. The van der Waals surface area contributed by atoms with Gasteiger partial charge in [-0.05, 0) is 30.2 Å². The lowest BCUT2D eigenvalue weighted by Gasteiger charge is -2.25. The van der Waals surface area contributed by atoms with Gasteiger partial charge in [0.25, 0.3) is 5.91 Å². The van der Waals surface area contributed by atoms with Crippen molar-refractivity contribution < 1.29 is 33.4 Å². The molecule has 2 atom stereocenters. The molecule has 3 aliphatic rings. The Morgan fingerprint density at radius 3 is 2.57 bits per heavy atom. The number of nitrogens with one attached hydrogen (secondary N) is 1. The lowest BCUT2D eigenvalue weighted by atomic mass is 9.88. The van der Waals surface area contributed by atoms with E-state index in [9.17, 15) is 24.4 Å². The van der Waals surface area contributed by atoms with Crippen molar-refractivity contribution in [3.63, 3.8) is 0 Å². The van der Waals surface area contributed by atoms with Gasteiger partial charge < -0.3 is 33.9 Å². The van der Waals surface area contributed by atoms with Gasteiger partial charge in [0, 0.05) is 45.3 Å². The summed E-state index contributed by atoms with van der Waals surface area (Å²) in [6.45, 7) is 2.20. The molecule has 1 aromatic heterocycles. The van der Waals surface area contributed by atoms with Crippen LogP contribution in [0.3, 0.4) is 0 Å². The van der Waals surface area contributed by atoms with Crippen LogP contribution < -0.4 is 14.8 Å². The van der Waals surface area contributed by atoms with Crippen LogP contribution in [0.5, 0.6) is 11.5 Å². The smallest absolute Gasteiger partial charge is 0.410 e. The Labute approximate surface area is 243 Å². The van der Waals surface area contributed by atoms with E-state index < -0.39 is 12.0 Å². The van der Waals surface area contributed by atoms with E-state index in [1.165, 1.54) is 12.0 Å². The number of nitriles is 1. The first kappa shape index (κ1) is 28.8. The average molecular weight is 579 g/mol. The molecule has 0 spiro atoms. The van der Waals surface area contributed by atoms with Crippen LogP contribution in [0.25, 0.3) is 0 Å². The van der Waals surface area contributed by atoms with Gasteiger partial charge in [-0.25, -0.2) is 4.79 Å². The molecule has 2 aromatic rings. The summed E-state index contributed by atoms with van der Waals surface area (Å²) in [5, 5.41) is 12.2. The highest BCUT2D eigenvalue weighted by atomic mass is 16.6. The number of nitrogens with zero attached hydrogens (tertiary/aromatic N) is 5. The van der Waals surface area contributed by atoms with E-state index in [2.05, 4.69) is 11.4 Å². The van der Waals surface area contributed by atoms with Gasteiger partial charge in [0.1, 0.15) is 31.5 Å². The molecule has 13 heteroatoms. The summed E-state index contributed by atoms with van der Waals surface area (Å²) in [5.41, 5.74) is 1.60. The van der Waals surface area contributed by atoms with Crippen molar-refractivity contribution in [1.29, 1.82) is 5.26 Å². The number of amides is 4. The van der Waals surface area contributed by atoms with Gasteiger partial charge >= 0.3 is 6.09 Å². The minimum atomic E-state index is -0.519. The molecule has 1 aromatic carbocycles. The number of methoxy groups -OCH3 is 1. The minimum absolute atomic E-state index is 0.0995. The van der Waals surface area contributed by atoms with E-state index in [0.717, 1.165) is 5.56 Å². The molecule has 4 amide bonds. The molecule has 13 nitrogen and oxygen atoms in total. The molecule has 3 aliphatic heterocycles. The van der Waals surface area contributed by atoms with E-state index >= 15 is 0 Å². The first-order chi connectivity index (χ1) is 20.3. The topological polar surface area (TPSA) is 146 Å². The Morgan fingerprint density at radius 2 is 1.86 bits per heavy atom. The fraction of sp³-hybridized carbons (Fsp3) is 0.483. The van der Waals surface area contributed by atoms with Crippen molar-refractivity contribution >= 4 is 23.8 Å². The number of hydrogen-bond acceptors (Lipinski definition) is 8. The summed E-state index contributed by atoms with van der Waals surface area (Å²) in [4.78, 5) is 56.5. The second-order valence-electron chi connectivity index (χ2n) is 10.6. The zero-order valence-corrected chi connectivity index (χ0v) is 23.7. The zero-order valence-electron chi connectivity index (χ0n) is 23.7. The number of fused-ring (bicyclic) bond motifs is 4. The van der Waals surface area contributed by atoms with Gasteiger partial charge in [0.05, 0.1) is 31.7 Å². The SMILES string of the molecule is COc1ccc2cc1OCCN(C(=O)c1cc(C#N)cn1C)CCCNC(=O)[C@H]1CN(C(=O)CN3CCOC3=O)C[C@H]21. The maximum Gasteiger partial charge on any atom is 0.410 e. The highest BCUT2D eigenvalue weighted by molar-refractivity contribution is 5.93. The fourth-order valence-electron chi connectivity index (χ4n) is 5.67. The molecule has 0 saturated carbocycles. The zero-order chi connectivity index (χ0) is 29.8. The quantitative estimate of drug-likeness (QED) is 0.564. The third kappa shape index (κ3) is 5.97. The monoisotopic (exact) mass is 578 g/mol. The Kier molecular flexibility index (Phi) is 8.51. The fourth-order valence-corrected chi connectivity index (χ4v) is 5.67. The van der Waals surface area contributed by atoms with Crippen LogP contribution >= 0.6 is 0 Å². The lowest BCUT2D eigenvalue weighted by Crippen LogP contribution is -2.41. The third-order valence-corrected chi connectivity index (χ3v) is 7.96. The van der Waals surface area contributed by atoms with Gasteiger partial charge in [-0.1, -0.05) is 6.07 Å². The van der Waals surface area contributed by atoms with Crippen LogP contribution in [0.2, 0.25) is 0 Å². The highest BCUT2D eigenvalue weighted by Crippen LogP contribution is 2.38. The number of cyclic esters (lactones) is 1. The Bertz CT molecular complexity index is 1420. The largest absolute Gasteiger partial charge is 0.493 e. The molecule has 0 radical (unpaired) electrons. The Morgan fingerprint density at radius 1 is 1.07 bits per heavy atom. The minimum Gasteiger partial charge on any atom is -0.493 e. The first-order valence-corrected chi connectivity index (χ1v) is 13.9. The Balaban J connectivity index is 1.37. The van der Waals surface area contributed by atoms with Gasteiger partial charge in [0.15, 0.2) is 11.5 Å². The summed E-state index contributed by atoms with van der Waals surface area (Å²) in [5.74, 6) is -0.516. The average Bonchev–Trinajstić information content (AvgIpc) is 3.71. The van der Waals surface area contributed by atoms with E-state index in [0.29, 0.717) is 55.4 Å².